The maximum atomic E-state index is 13.3. The summed E-state index contributed by atoms with van der Waals surface area (Å²) in [4.78, 5) is 32.7. The van der Waals surface area contributed by atoms with Crippen molar-refractivity contribution >= 4 is 28.7 Å². The van der Waals surface area contributed by atoms with Crippen LogP contribution in [0.2, 0.25) is 0 Å². The van der Waals surface area contributed by atoms with Gasteiger partial charge in [-0.2, -0.15) is 5.10 Å². The number of nitrogens with one attached hydrogen (secondary N) is 1. The highest BCUT2D eigenvalue weighted by atomic mass is 32.2. The average Bonchev–Trinajstić information content (AvgIpc) is 3.43. The summed E-state index contributed by atoms with van der Waals surface area (Å²) in [5.41, 5.74) is 0.844. The van der Waals surface area contributed by atoms with Crippen LogP contribution in [0.4, 0.5) is 4.39 Å². The van der Waals surface area contributed by atoms with E-state index < -0.39 is 0 Å². The standard InChI is InChI=1S/C22H25FN6O3S/c23-15-2-4-16(5-3-15)29-20-18(13-25-29)21(31)28-17(14-33-22(28)26-20)12-19(30)24-6-1-7-27-8-10-32-11-9-27/h2-5,13,17H,1,6-12,14H2,(H,24,30). The maximum Gasteiger partial charge on any atom is 0.265 e. The summed E-state index contributed by atoms with van der Waals surface area (Å²) in [7, 11) is 0. The summed E-state index contributed by atoms with van der Waals surface area (Å²) in [6.07, 6.45) is 2.59. The summed E-state index contributed by atoms with van der Waals surface area (Å²) >= 11 is 1.46. The fourth-order valence-corrected chi connectivity index (χ4v) is 5.32. The zero-order valence-corrected chi connectivity index (χ0v) is 18.9. The van der Waals surface area contributed by atoms with Gasteiger partial charge in [0.2, 0.25) is 5.91 Å². The molecule has 9 nitrogen and oxygen atoms in total. The number of hydrogen-bond donors (Lipinski definition) is 1. The summed E-state index contributed by atoms with van der Waals surface area (Å²) in [5, 5.41) is 8.21. The van der Waals surface area contributed by atoms with Gasteiger partial charge in [-0.3, -0.25) is 19.1 Å². The lowest BCUT2D eigenvalue weighted by Crippen LogP contribution is -2.38. The number of carbonyl (C=O) groups excluding carboxylic acids is 1. The zero-order chi connectivity index (χ0) is 22.8. The number of ether oxygens (including phenoxy) is 1. The minimum Gasteiger partial charge on any atom is -0.379 e. The Morgan fingerprint density at radius 3 is 2.82 bits per heavy atom. The van der Waals surface area contributed by atoms with Crippen LogP contribution in [-0.4, -0.2) is 75.3 Å². The van der Waals surface area contributed by atoms with Crippen molar-refractivity contribution in [1.29, 1.82) is 0 Å². The van der Waals surface area contributed by atoms with E-state index in [1.54, 1.807) is 16.7 Å². The molecule has 2 aliphatic heterocycles. The SMILES string of the molecule is O=C(CC1CSc2nc3c(cnn3-c3ccc(F)cc3)c(=O)n21)NCCCN1CCOCC1. The van der Waals surface area contributed by atoms with Gasteiger partial charge in [0.25, 0.3) is 5.56 Å². The molecule has 1 saturated heterocycles. The minimum atomic E-state index is -0.345. The number of nitrogens with zero attached hydrogens (tertiary/aromatic N) is 5. The molecule has 0 aliphatic carbocycles. The molecule has 0 spiro atoms. The lowest BCUT2D eigenvalue weighted by molar-refractivity contribution is -0.121. The summed E-state index contributed by atoms with van der Waals surface area (Å²) < 4.78 is 21.8. The fraction of sp³-hybridized carbons (Fsp3) is 0.455. The Morgan fingerprint density at radius 1 is 1.24 bits per heavy atom. The highest BCUT2D eigenvalue weighted by Crippen LogP contribution is 2.33. The van der Waals surface area contributed by atoms with Crippen LogP contribution in [0.15, 0.2) is 40.4 Å². The van der Waals surface area contributed by atoms with E-state index >= 15 is 0 Å². The van der Waals surface area contributed by atoms with Crippen LogP contribution >= 0.6 is 11.8 Å². The van der Waals surface area contributed by atoms with Crippen molar-refractivity contribution in [3.05, 3.63) is 46.6 Å². The molecule has 33 heavy (non-hydrogen) atoms. The van der Waals surface area contributed by atoms with Crippen LogP contribution in [0, 0.1) is 5.82 Å². The lowest BCUT2D eigenvalue weighted by Gasteiger charge is -2.26. The van der Waals surface area contributed by atoms with Crippen molar-refractivity contribution < 1.29 is 13.9 Å². The first kappa shape index (κ1) is 22.1. The van der Waals surface area contributed by atoms with Gasteiger partial charge in [0, 0.05) is 31.8 Å². The summed E-state index contributed by atoms with van der Waals surface area (Å²) in [6.45, 7) is 4.96. The van der Waals surface area contributed by atoms with E-state index in [4.69, 9.17) is 4.74 Å². The molecule has 1 aromatic carbocycles. The van der Waals surface area contributed by atoms with E-state index in [0.29, 0.717) is 34.2 Å². The first-order valence-corrected chi connectivity index (χ1v) is 12.0. The smallest absolute Gasteiger partial charge is 0.265 e. The Labute approximate surface area is 193 Å². The number of fused-ring (bicyclic) bond motifs is 2. The van der Waals surface area contributed by atoms with E-state index in [9.17, 15) is 14.0 Å². The number of hydrogen-bond acceptors (Lipinski definition) is 7. The second-order valence-corrected chi connectivity index (χ2v) is 9.15. The molecule has 3 aromatic rings. The monoisotopic (exact) mass is 472 g/mol. The first-order valence-electron chi connectivity index (χ1n) is 11.1. The Kier molecular flexibility index (Phi) is 6.43. The number of rotatable bonds is 7. The van der Waals surface area contributed by atoms with Crippen molar-refractivity contribution in [3.8, 4) is 5.69 Å². The van der Waals surface area contributed by atoms with Crippen LogP contribution in [0.3, 0.4) is 0 Å². The van der Waals surface area contributed by atoms with Gasteiger partial charge >= 0.3 is 0 Å². The maximum absolute atomic E-state index is 13.3. The number of morpholine rings is 1. The van der Waals surface area contributed by atoms with Gasteiger partial charge < -0.3 is 10.1 Å². The van der Waals surface area contributed by atoms with Gasteiger partial charge in [-0.15, -0.1) is 0 Å². The van der Waals surface area contributed by atoms with E-state index in [-0.39, 0.29) is 29.7 Å². The number of benzene rings is 1. The molecule has 0 saturated carbocycles. The van der Waals surface area contributed by atoms with Crippen molar-refractivity contribution in [2.24, 2.45) is 0 Å². The molecule has 1 atom stereocenters. The van der Waals surface area contributed by atoms with Crippen LogP contribution in [0.1, 0.15) is 18.9 Å². The molecule has 4 heterocycles. The molecular weight excluding hydrogens is 447 g/mol. The van der Waals surface area contributed by atoms with Gasteiger partial charge in [0.1, 0.15) is 11.2 Å². The average molecular weight is 473 g/mol. The van der Waals surface area contributed by atoms with Gasteiger partial charge in [-0.05, 0) is 37.2 Å². The predicted octanol–water partition coefficient (Wildman–Crippen LogP) is 1.60. The van der Waals surface area contributed by atoms with Gasteiger partial charge in [0.15, 0.2) is 10.8 Å². The highest BCUT2D eigenvalue weighted by Gasteiger charge is 2.29. The molecule has 2 aromatic heterocycles. The molecule has 1 fully saturated rings. The fourth-order valence-electron chi connectivity index (χ4n) is 4.19. The summed E-state index contributed by atoms with van der Waals surface area (Å²) in [6, 6.07) is 5.62. The Bertz CT molecular complexity index is 1210. The highest BCUT2D eigenvalue weighted by molar-refractivity contribution is 7.99. The van der Waals surface area contributed by atoms with Gasteiger partial charge in [0.05, 0.1) is 31.1 Å². The van der Waals surface area contributed by atoms with Crippen LogP contribution in [0.25, 0.3) is 16.7 Å². The number of halogens is 1. The molecule has 11 heteroatoms. The van der Waals surface area contributed by atoms with E-state index in [1.807, 2.05) is 0 Å². The van der Waals surface area contributed by atoms with Crippen LogP contribution in [0.5, 0.6) is 0 Å². The van der Waals surface area contributed by atoms with Gasteiger partial charge in [-0.1, -0.05) is 11.8 Å². The third-order valence-corrected chi connectivity index (χ3v) is 7.04. The lowest BCUT2D eigenvalue weighted by atomic mass is 10.2. The number of aromatic nitrogens is 4. The topological polar surface area (TPSA) is 94.3 Å². The molecule has 174 valence electrons. The molecule has 5 rings (SSSR count). The van der Waals surface area contributed by atoms with Crippen LogP contribution < -0.4 is 10.9 Å². The zero-order valence-electron chi connectivity index (χ0n) is 18.1. The third-order valence-electron chi connectivity index (χ3n) is 5.94. The van der Waals surface area contributed by atoms with Gasteiger partial charge in [-0.25, -0.2) is 14.1 Å². The molecule has 1 amide bonds. The van der Waals surface area contributed by atoms with Crippen LogP contribution in [-0.2, 0) is 9.53 Å². The second-order valence-electron chi connectivity index (χ2n) is 8.17. The Balaban J connectivity index is 1.25. The third kappa shape index (κ3) is 4.66. The first-order chi connectivity index (χ1) is 16.1. The Hall–Kier alpha value is -2.76. The Morgan fingerprint density at radius 2 is 2.03 bits per heavy atom. The molecule has 1 unspecified atom stereocenters. The number of amides is 1. The van der Waals surface area contributed by atoms with Crippen molar-refractivity contribution in [2.75, 3.05) is 45.1 Å². The predicted molar refractivity (Wildman–Crippen MR) is 122 cm³/mol. The number of carbonyl (C=O) groups is 1. The van der Waals surface area contributed by atoms with Crippen molar-refractivity contribution in [2.45, 2.75) is 24.0 Å². The van der Waals surface area contributed by atoms with Crippen molar-refractivity contribution in [3.63, 3.8) is 0 Å². The molecule has 0 radical (unpaired) electrons. The normalized spacial score (nSPS) is 18.5. The molecule has 1 N–H and O–H groups in total. The van der Waals surface area contributed by atoms with E-state index in [0.717, 1.165) is 39.3 Å². The minimum absolute atomic E-state index is 0.0653. The number of thioether (sulfide) groups is 1. The van der Waals surface area contributed by atoms with E-state index in [2.05, 4.69) is 20.3 Å². The van der Waals surface area contributed by atoms with Crippen molar-refractivity contribution in [1.82, 2.24) is 29.5 Å². The summed E-state index contributed by atoms with van der Waals surface area (Å²) in [5.74, 6) is 0.200. The molecule has 0 bridgehead atoms. The largest absolute Gasteiger partial charge is 0.379 e. The molecular formula is C22H25FN6O3S. The van der Waals surface area contributed by atoms with E-state index in [1.165, 1.54) is 34.8 Å². The molecule has 2 aliphatic rings. The second kappa shape index (κ2) is 9.62. The quantitative estimate of drug-likeness (QED) is 0.412.